The van der Waals surface area contributed by atoms with Crippen molar-refractivity contribution in [2.75, 3.05) is 0 Å². The number of halogens is 3. The molecule has 0 radical (unpaired) electrons. The van der Waals surface area contributed by atoms with Crippen molar-refractivity contribution in [3.8, 4) is 0 Å². The summed E-state index contributed by atoms with van der Waals surface area (Å²) >= 11 is 0.563. The first-order valence-electron chi connectivity index (χ1n) is 5.07. The van der Waals surface area contributed by atoms with Gasteiger partial charge >= 0.3 is 6.18 Å². The highest BCUT2D eigenvalue weighted by atomic mass is 32.1. The van der Waals surface area contributed by atoms with E-state index in [1.165, 1.54) is 6.20 Å². The monoisotopic (exact) mass is 276 g/mol. The molecule has 2 rings (SSSR count). The first-order chi connectivity index (χ1) is 8.30. The Morgan fingerprint density at radius 2 is 2.06 bits per heavy atom. The zero-order valence-electron chi connectivity index (χ0n) is 9.69. The predicted molar refractivity (Wildman–Crippen MR) is 61.1 cm³/mol. The molecule has 2 N–H and O–H groups in total. The van der Waals surface area contributed by atoms with Crippen molar-refractivity contribution in [2.24, 2.45) is 12.8 Å². The molecule has 18 heavy (non-hydrogen) atoms. The lowest BCUT2D eigenvalue weighted by molar-refractivity contribution is -0.137. The van der Waals surface area contributed by atoms with Gasteiger partial charge in [-0.15, -0.1) is 11.3 Å². The molecular formula is C10H11F3N4S. The molecule has 0 aliphatic rings. The molecule has 8 heteroatoms. The van der Waals surface area contributed by atoms with Gasteiger partial charge < -0.3 is 5.73 Å². The van der Waals surface area contributed by atoms with Crippen LogP contribution in [0.4, 0.5) is 13.2 Å². The third-order valence-electron chi connectivity index (χ3n) is 2.68. The average molecular weight is 276 g/mol. The van der Waals surface area contributed by atoms with E-state index in [4.69, 9.17) is 5.73 Å². The minimum atomic E-state index is -4.42. The molecule has 0 saturated heterocycles. The summed E-state index contributed by atoms with van der Waals surface area (Å²) in [6, 6.07) is -0.632. The van der Waals surface area contributed by atoms with Crippen LogP contribution in [0.1, 0.15) is 27.2 Å². The first kappa shape index (κ1) is 13.0. The normalized spacial score (nSPS) is 13.9. The minimum Gasteiger partial charge on any atom is -0.319 e. The maximum atomic E-state index is 12.4. The van der Waals surface area contributed by atoms with Gasteiger partial charge in [-0.25, -0.2) is 4.98 Å². The summed E-state index contributed by atoms with van der Waals surface area (Å²) in [5, 5.41) is 3.14. The topological polar surface area (TPSA) is 56.7 Å². The Bertz CT molecular complexity index is 558. The fourth-order valence-corrected chi connectivity index (χ4v) is 2.34. The maximum Gasteiger partial charge on any atom is 0.443 e. The van der Waals surface area contributed by atoms with Gasteiger partial charge in [-0.3, -0.25) is 4.68 Å². The van der Waals surface area contributed by atoms with Crippen molar-refractivity contribution in [3.63, 3.8) is 0 Å². The Morgan fingerprint density at radius 3 is 2.50 bits per heavy atom. The lowest BCUT2D eigenvalue weighted by Gasteiger charge is -2.08. The van der Waals surface area contributed by atoms with E-state index in [2.05, 4.69) is 10.1 Å². The zero-order valence-corrected chi connectivity index (χ0v) is 10.5. The Morgan fingerprint density at radius 1 is 1.39 bits per heavy atom. The van der Waals surface area contributed by atoms with Gasteiger partial charge in [0.2, 0.25) is 0 Å². The van der Waals surface area contributed by atoms with Crippen LogP contribution in [0.15, 0.2) is 12.4 Å². The molecule has 0 bridgehead atoms. The summed E-state index contributed by atoms with van der Waals surface area (Å²) < 4.78 is 38.9. The highest BCUT2D eigenvalue weighted by Crippen LogP contribution is 2.35. The molecule has 2 aromatic heterocycles. The fraction of sp³-hybridized carbons (Fsp3) is 0.400. The molecule has 98 valence electrons. The van der Waals surface area contributed by atoms with Crippen LogP contribution in [0, 0.1) is 6.92 Å². The molecule has 0 saturated carbocycles. The molecule has 0 aliphatic carbocycles. The van der Waals surface area contributed by atoms with Gasteiger partial charge in [0.15, 0.2) is 5.01 Å². The van der Waals surface area contributed by atoms with E-state index in [1.54, 1.807) is 17.9 Å². The van der Waals surface area contributed by atoms with Gasteiger partial charge in [0, 0.05) is 29.4 Å². The summed E-state index contributed by atoms with van der Waals surface area (Å²) in [7, 11) is 1.75. The molecule has 0 aromatic carbocycles. The second-order valence-corrected chi connectivity index (χ2v) is 4.91. The van der Waals surface area contributed by atoms with E-state index in [1.807, 2.05) is 6.92 Å². The summed E-state index contributed by atoms with van der Waals surface area (Å²) in [5.41, 5.74) is 7.46. The summed E-state index contributed by atoms with van der Waals surface area (Å²) in [4.78, 5) is 3.73. The molecule has 2 aromatic rings. The van der Waals surface area contributed by atoms with Crippen LogP contribution in [-0.2, 0) is 13.2 Å². The van der Waals surface area contributed by atoms with Gasteiger partial charge in [0.25, 0.3) is 0 Å². The molecule has 4 nitrogen and oxygen atoms in total. The number of aryl methyl sites for hydroxylation is 1. The second-order valence-electron chi connectivity index (χ2n) is 3.85. The van der Waals surface area contributed by atoms with Crippen molar-refractivity contribution in [1.82, 2.24) is 14.8 Å². The number of nitrogens with zero attached hydrogens (tertiary/aromatic N) is 3. The summed E-state index contributed by atoms with van der Waals surface area (Å²) in [6.07, 6.45) is -1.69. The third kappa shape index (κ3) is 2.25. The zero-order chi connectivity index (χ0) is 13.5. The smallest absolute Gasteiger partial charge is 0.319 e. The van der Waals surface area contributed by atoms with Crippen LogP contribution in [0.2, 0.25) is 0 Å². The van der Waals surface area contributed by atoms with Crippen molar-refractivity contribution in [1.29, 1.82) is 0 Å². The Hall–Kier alpha value is -1.41. The van der Waals surface area contributed by atoms with Gasteiger partial charge in [0.1, 0.15) is 0 Å². The SMILES string of the molecule is Cc1c(C(N)c2cnc(C(F)(F)F)s2)cnn1C. The van der Waals surface area contributed by atoms with Crippen LogP contribution >= 0.6 is 11.3 Å². The van der Waals surface area contributed by atoms with Crippen molar-refractivity contribution < 1.29 is 13.2 Å². The van der Waals surface area contributed by atoms with Gasteiger partial charge in [-0.2, -0.15) is 18.3 Å². The number of alkyl halides is 3. The molecule has 0 aliphatic heterocycles. The Labute approximate surface area is 105 Å². The van der Waals surface area contributed by atoms with E-state index < -0.39 is 17.2 Å². The van der Waals surface area contributed by atoms with Crippen molar-refractivity contribution in [3.05, 3.63) is 33.5 Å². The highest BCUT2D eigenvalue weighted by Gasteiger charge is 2.35. The number of nitrogens with two attached hydrogens (primary N) is 1. The van der Waals surface area contributed by atoms with E-state index in [0.717, 1.165) is 5.69 Å². The van der Waals surface area contributed by atoms with Gasteiger partial charge in [-0.1, -0.05) is 0 Å². The lowest BCUT2D eigenvalue weighted by atomic mass is 10.1. The van der Waals surface area contributed by atoms with Crippen LogP contribution in [-0.4, -0.2) is 14.8 Å². The van der Waals surface area contributed by atoms with E-state index in [0.29, 0.717) is 21.8 Å². The quantitative estimate of drug-likeness (QED) is 0.915. The molecule has 1 atom stereocenters. The molecule has 1 unspecified atom stereocenters. The Kier molecular flexibility index (Phi) is 3.16. The number of aromatic nitrogens is 3. The highest BCUT2D eigenvalue weighted by molar-refractivity contribution is 7.11. The molecule has 2 heterocycles. The molecular weight excluding hydrogens is 265 g/mol. The van der Waals surface area contributed by atoms with E-state index >= 15 is 0 Å². The minimum absolute atomic E-state index is 0.374. The number of thiazole rings is 1. The fourth-order valence-electron chi connectivity index (χ4n) is 1.54. The standard InChI is InChI=1S/C10H11F3N4S/c1-5-6(3-16-17(5)2)8(14)7-4-15-9(18-7)10(11,12)13/h3-4,8H,14H2,1-2H3. The molecule has 0 spiro atoms. The maximum absolute atomic E-state index is 12.4. The third-order valence-corrected chi connectivity index (χ3v) is 3.81. The van der Waals surface area contributed by atoms with Gasteiger partial charge in [-0.05, 0) is 6.92 Å². The van der Waals surface area contributed by atoms with Crippen LogP contribution in [0.3, 0.4) is 0 Å². The number of hydrogen-bond donors (Lipinski definition) is 1. The molecule has 0 fully saturated rings. The van der Waals surface area contributed by atoms with Gasteiger partial charge in [0.05, 0.1) is 12.2 Å². The van der Waals surface area contributed by atoms with Crippen molar-refractivity contribution >= 4 is 11.3 Å². The second kappa shape index (κ2) is 4.36. The summed E-state index contributed by atoms with van der Waals surface area (Å²) in [5.74, 6) is 0. The van der Waals surface area contributed by atoms with Crippen LogP contribution < -0.4 is 5.73 Å². The van der Waals surface area contributed by atoms with Crippen molar-refractivity contribution in [2.45, 2.75) is 19.1 Å². The van der Waals surface area contributed by atoms with E-state index in [-0.39, 0.29) is 0 Å². The average Bonchev–Trinajstić information content (AvgIpc) is 2.86. The van der Waals surface area contributed by atoms with Crippen LogP contribution in [0.5, 0.6) is 0 Å². The lowest BCUT2D eigenvalue weighted by Crippen LogP contribution is -2.11. The number of rotatable bonds is 2. The Balaban J connectivity index is 2.32. The molecule has 0 amide bonds. The first-order valence-corrected chi connectivity index (χ1v) is 5.89. The largest absolute Gasteiger partial charge is 0.443 e. The van der Waals surface area contributed by atoms with Crippen LogP contribution in [0.25, 0.3) is 0 Å². The number of hydrogen-bond acceptors (Lipinski definition) is 4. The summed E-state index contributed by atoms with van der Waals surface area (Å²) in [6.45, 7) is 1.81. The predicted octanol–water partition coefficient (Wildman–Crippen LogP) is 2.25. The van der Waals surface area contributed by atoms with E-state index in [9.17, 15) is 13.2 Å².